The highest BCUT2D eigenvalue weighted by molar-refractivity contribution is 5.78. The van der Waals surface area contributed by atoms with E-state index < -0.39 is 5.97 Å². The molecule has 0 radical (unpaired) electrons. The number of methoxy groups -OCH3 is 1. The van der Waals surface area contributed by atoms with E-state index in [-0.39, 0.29) is 12.0 Å². The SMILES string of the molecule is COc1ccc(-n2c(CN3C4CCC3C(C(=O)O)C4)nc3ccccc32)cc1. The number of hydrogen-bond donors (Lipinski definition) is 1. The highest BCUT2D eigenvalue weighted by Crippen LogP contribution is 2.43. The molecule has 5 rings (SSSR count). The first-order chi connectivity index (χ1) is 13.7. The molecule has 144 valence electrons. The maximum atomic E-state index is 11.6. The predicted molar refractivity (Wildman–Crippen MR) is 106 cm³/mol. The molecule has 2 saturated heterocycles. The molecule has 0 saturated carbocycles. The van der Waals surface area contributed by atoms with Gasteiger partial charge in [0.2, 0.25) is 0 Å². The van der Waals surface area contributed by atoms with E-state index in [2.05, 4.69) is 15.5 Å². The number of para-hydroxylation sites is 2. The monoisotopic (exact) mass is 377 g/mol. The van der Waals surface area contributed by atoms with E-state index in [1.807, 2.05) is 42.5 Å². The first kappa shape index (κ1) is 17.3. The van der Waals surface area contributed by atoms with Gasteiger partial charge in [0.25, 0.3) is 0 Å². The number of aromatic nitrogens is 2. The summed E-state index contributed by atoms with van der Waals surface area (Å²) in [6.45, 7) is 0.666. The molecule has 3 atom stereocenters. The zero-order chi connectivity index (χ0) is 19.3. The average Bonchev–Trinajstić information content (AvgIpc) is 3.39. The molecule has 3 unspecified atom stereocenters. The van der Waals surface area contributed by atoms with Crippen molar-refractivity contribution in [1.29, 1.82) is 0 Å². The summed E-state index contributed by atoms with van der Waals surface area (Å²) in [5, 5.41) is 9.56. The fraction of sp³-hybridized carbons (Fsp3) is 0.364. The molecule has 6 heteroatoms. The first-order valence-corrected chi connectivity index (χ1v) is 9.75. The molecular weight excluding hydrogens is 354 g/mol. The smallest absolute Gasteiger partial charge is 0.308 e. The predicted octanol–water partition coefficient (Wildman–Crippen LogP) is 3.47. The molecule has 2 bridgehead atoms. The van der Waals surface area contributed by atoms with E-state index >= 15 is 0 Å². The minimum Gasteiger partial charge on any atom is -0.497 e. The van der Waals surface area contributed by atoms with Crippen LogP contribution >= 0.6 is 0 Å². The Morgan fingerprint density at radius 2 is 1.96 bits per heavy atom. The standard InChI is InChI=1S/C22H23N3O3/c1-28-16-9-6-14(7-10-16)25-20-5-3-2-4-18(20)23-21(25)13-24-15-8-11-19(24)17(12-15)22(26)27/h2-7,9-10,15,17,19H,8,11-13H2,1H3,(H,26,27). The quantitative estimate of drug-likeness (QED) is 0.737. The Morgan fingerprint density at radius 3 is 2.68 bits per heavy atom. The highest BCUT2D eigenvalue weighted by atomic mass is 16.5. The van der Waals surface area contributed by atoms with Crippen LogP contribution in [0.2, 0.25) is 0 Å². The topological polar surface area (TPSA) is 67.6 Å². The lowest BCUT2D eigenvalue weighted by Crippen LogP contribution is -2.33. The fourth-order valence-corrected chi connectivity index (χ4v) is 4.98. The van der Waals surface area contributed by atoms with Gasteiger partial charge >= 0.3 is 5.97 Å². The number of carbonyl (C=O) groups is 1. The second-order valence-corrected chi connectivity index (χ2v) is 7.70. The summed E-state index contributed by atoms with van der Waals surface area (Å²) in [6.07, 6.45) is 2.80. The van der Waals surface area contributed by atoms with Crippen LogP contribution in [0.4, 0.5) is 0 Å². The number of fused-ring (bicyclic) bond motifs is 3. The van der Waals surface area contributed by atoms with E-state index in [1.54, 1.807) is 7.11 Å². The molecule has 1 aromatic heterocycles. The molecule has 0 amide bonds. The van der Waals surface area contributed by atoms with Crippen LogP contribution in [0.15, 0.2) is 48.5 Å². The van der Waals surface area contributed by atoms with Gasteiger partial charge in [-0.1, -0.05) is 12.1 Å². The Hall–Kier alpha value is -2.86. The van der Waals surface area contributed by atoms with Crippen LogP contribution in [-0.4, -0.2) is 44.7 Å². The van der Waals surface area contributed by atoms with Crippen molar-refractivity contribution in [3.8, 4) is 11.4 Å². The summed E-state index contributed by atoms with van der Waals surface area (Å²) in [5.41, 5.74) is 3.05. The highest BCUT2D eigenvalue weighted by Gasteiger charge is 2.49. The Kier molecular flexibility index (Phi) is 4.09. The van der Waals surface area contributed by atoms with Gasteiger partial charge in [0.1, 0.15) is 11.6 Å². The third-order valence-electron chi connectivity index (χ3n) is 6.28. The van der Waals surface area contributed by atoms with Crippen molar-refractivity contribution in [1.82, 2.24) is 14.5 Å². The number of carboxylic acids is 1. The number of aliphatic carboxylic acids is 1. The van der Waals surface area contributed by atoms with E-state index in [1.165, 1.54) is 0 Å². The van der Waals surface area contributed by atoms with Crippen LogP contribution in [0.5, 0.6) is 5.75 Å². The molecule has 6 nitrogen and oxygen atoms in total. The zero-order valence-electron chi connectivity index (χ0n) is 15.8. The molecule has 2 aromatic carbocycles. The second kappa shape index (κ2) is 6.63. The molecule has 3 heterocycles. The number of ether oxygens (including phenoxy) is 1. The van der Waals surface area contributed by atoms with Crippen molar-refractivity contribution in [3.05, 3.63) is 54.4 Å². The molecule has 28 heavy (non-hydrogen) atoms. The van der Waals surface area contributed by atoms with Crippen molar-refractivity contribution in [2.75, 3.05) is 7.11 Å². The van der Waals surface area contributed by atoms with Crippen LogP contribution < -0.4 is 4.74 Å². The maximum absolute atomic E-state index is 11.6. The lowest BCUT2D eigenvalue weighted by molar-refractivity contribution is -0.142. The van der Waals surface area contributed by atoms with Crippen LogP contribution in [0, 0.1) is 5.92 Å². The lowest BCUT2D eigenvalue weighted by Gasteiger charge is -2.23. The van der Waals surface area contributed by atoms with Gasteiger partial charge < -0.3 is 9.84 Å². The van der Waals surface area contributed by atoms with Gasteiger partial charge in [-0.25, -0.2) is 4.98 Å². The number of rotatable bonds is 5. The lowest BCUT2D eigenvalue weighted by atomic mass is 9.89. The van der Waals surface area contributed by atoms with Crippen molar-refractivity contribution >= 4 is 17.0 Å². The molecule has 0 spiro atoms. The van der Waals surface area contributed by atoms with E-state index in [0.717, 1.165) is 47.6 Å². The molecule has 0 aliphatic carbocycles. The van der Waals surface area contributed by atoms with Gasteiger partial charge in [-0.2, -0.15) is 0 Å². The summed E-state index contributed by atoms with van der Waals surface area (Å²) in [6, 6.07) is 16.6. The van der Waals surface area contributed by atoms with Gasteiger partial charge in [0, 0.05) is 17.8 Å². The van der Waals surface area contributed by atoms with Crippen molar-refractivity contribution in [3.63, 3.8) is 0 Å². The number of benzene rings is 2. The van der Waals surface area contributed by atoms with Crippen LogP contribution in [0.25, 0.3) is 16.7 Å². The molecule has 3 aromatic rings. The zero-order valence-corrected chi connectivity index (χ0v) is 15.8. The molecule has 2 aliphatic heterocycles. The second-order valence-electron chi connectivity index (χ2n) is 7.70. The molecule has 1 N–H and O–H groups in total. The number of carboxylic acid groups (broad SMARTS) is 1. The third kappa shape index (κ3) is 2.67. The Balaban J connectivity index is 1.55. The van der Waals surface area contributed by atoms with Crippen molar-refractivity contribution < 1.29 is 14.6 Å². The van der Waals surface area contributed by atoms with Gasteiger partial charge in [-0.05, 0) is 55.7 Å². The summed E-state index contributed by atoms with van der Waals surface area (Å²) >= 11 is 0. The number of imidazole rings is 1. The summed E-state index contributed by atoms with van der Waals surface area (Å²) in [7, 11) is 1.66. The first-order valence-electron chi connectivity index (χ1n) is 9.75. The van der Waals surface area contributed by atoms with Crippen molar-refractivity contribution in [2.24, 2.45) is 5.92 Å². The summed E-state index contributed by atoms with van der Waals surface area (Å²) < 4.78 is 7.48. The number of nitrogens with zero attached hydrogens (tertiary/aromatic N) is 3. The minimum atomic E-state index is -0.666. The molecule has 2 aliphatic rings. The minimum absolute atomic E-state index is 0.117. The number of hydrogen-bond acceptors (Lipinski definition) is 4. The Bertz CT molecular complexity index is 1030. The van der Waals surface area contributed by atoms with Crippen molar-refractivity contribution in [2.45, 2.75) is 37.9 Å². The van der Waals surface area contributed by atoms with E-state index in [4.69, 9.17) is 9.72 Å². The Morgan fingerprint density at radius 1 is 1.18 bits per heavy atom. The summed E-state index contributed by atoms with van der Waals surface area (Å²) in [5.74, 6) is 0.851. The largest absolute Gasteiger partial charge is 0.497 e. The van der Waals surface area contributed by atoms with Crippen LogP contribution in [0.1, 0.15) is 25.1 Å². The summed E-state index contributed by atoms with van der Waals surface area (Å²) in [4.78, 5) is 18.9. The maximum Gasteiger partial charge on any atom is 0.308 e. The van der Waals surface area contributed by atoms with Gasteiger partial charge in [0.05, 0.1) is 30.6 Å². The molecule has 2 fully saturated rings. The third-order valence-corrected chi connectivity index (χ3v) is 6.28. The van der Waals surface area contributed by atoms with Gasteiger partial charge in [-0.3, -0.25) is 14.3 Å². The Labute approximate surface area is 163 Å². The van der Waals surface area contributed by atoms with E-state index in [0.29, 0.717) is 12.6 Å². The van der Waals surface area contributed by atoms with Gasteiger partial charge in [-0.15, -0.1) is 0 Å². The molecular formula is C22H23N3O3. The normalized spacial score (nSPS) is 24.1. The van der Waals surface area contributed by atoms with E-state index in [9.17, 15) is 9.90 Å². The van der Waals surface area contributed by atoms with Crippen LogP contribution in [-0.2, 0) is 11.3 Å². The van der Waals surface area contributed by atoms with Gasteiger partial charge in [0.15, 0.2) is 0 Å². The average molecular weight is 377 g/mol. The van der Waals surface area contributed by atoms with Crippen LogP contribution in [0.3, 0.4) is 0 Å². The fourth-order valence-electron chi connectivity index (χ4n) is 4.98.